The minimum Gasteiger partial charge on any atom is -0.459 e. The van der Waals surface area contributed by atoms with Crippen LogP contribution in [0.4, 0.5) is 0 Å². The van der Waals surface area contributed by atoms with E-state index >= 15 is 0 Å². The van der Waals surface area contributed by atoms with Gasteiger partial charge in [0.25, 0.3) is 0 Å². The fraction of sp³-hybridized carbons (Fsp3) is 0.222. The average Bonchev–Trinajstić information content (AvgIpc) is 2.91. The molecule has 1 atom stereocenters. The molecular formula is C18H20N2O. The molecule has 0 aliphatic rings. The monoisotopic (exact) mass is 280 g/mol. The summed E-state index contributed by atoms with van der Waals surface area (Å²) in [7, 11) is 0. The van der Waals surface area contributed by atoms with Crippen LogP contribution in [-0.4, -0.2) is 0 Å². The van der Waals surface area contributed by atoms with Gasteiger partial charge in [0, 0.05) is 5.39 Å². The summed E-state index contributed by atoms with van der Waals surface area (Å²) < 4.78 is 5.94. The molecule has 3 rings (SSSR count). The first-order valence-corrected chi connectivity index (χ1v) is 7.26. The highest BCUT2D eigenvalue weighted by molar-refractivity contribution is 5.78. The van der Waals surface area contributed by atoms with E-state index in [4.69, 9.17) is 10.3 Å². The van der Waals surface area contributed by atoms with E-state index in [2.05, 4.69) is 61.7 Å². The van der Waals surface area contributed by atoms with Crippen molar-refractivity contribution in [3.63, 3.8) is 0 Å². The van der Waals surface area contributed by atoms with Gasteiger partial charge in [-0.15, -0.1) is 0 Å². The van der Waals surface area contributed by atoms with Crippen LogP contribution in [0.2, 0.25) is 0 Å². The van der Waals surface area contributed by atoms with Gasteiger partial charge in [0.1, 0.15) is 17.4 Å². The van der Waals surface area contributed by atoms with Crippen molar-refractivity contribution in [1.29, 1.82) is 0 Å². The Bertz CT molecular complexity index is 744. The normalized spacial score (nSPS) is 12.7. The zero-order valence-electron chi connectivity index (χ0n) is 12.4. The number of benzene rings is 2. The van der Waals surface area contributed by atoms with Gasteiger partial charge in [-0.1, -0.05) is 42.8 Å². The van der Waals surface area contributed by atoms with Crippen LogP contribution in [0.3, 0.4) is 0 Å². The Hall–Kier alpha value is -2.10. The van der Waals surface area contributed by atoms with Crippen molar-refractivity contribution >= 4 is 11.0 Å². The maximum atomic E-state index is 5.94. The first-order valence-electron chi connectivity index (χ1n) is 7.26. The Morgan fingerprint density at radius 2 is 1.86 bits per heavy atom. The molecule has 1 heterocycles. The minimum absolute atomic E-state index is 0.136. The van der Waals surface area contributed by atoms with Crippen molar-refractivity contribution < 1.29 is 4.42 Å². The lowest BCUT2D eigenvalue weighted by molar-refractivity contribution is 0.477. The average molecular weight is 280 g/mol. The van der Waals surface area contributed by atoms with Crippen LogP contribution in [0.5, 0.6) is 0 Å². The van der Waals surface area contributed by atoms with Crippen molar-refractivity contribution in [3.05, 3.63) is 71.0 Å². The molecule has 0 radical (unpaired) electrons. The van der Waals surface area contributed by atoms with Crippen LogP contribution in [0.15, 0.2) is 52.9 Å². The van der Waals surface area contributed by atoms with Gasteiger partial charge in [0.15, 0.2) is 0 Å². The summed E-state index contributed by atoms with van der Waals surface area (Å²) in [5, 5.41) is 1.11. The van der Waals surface area contributed by atoms with Crippen molar-refractivity contribution in [3.8, 4) is 0 Å². The molecule has 0 fully saturated rings. The van der Waals surface area contributed by atoms with E-state index in [1.807, 2.05) is 6.07 Å². The lowest BCUT2D eigenvalue weighted by Crippen LogP contribution is -2.28. The standard InChI is InChI=1S/C18H20N2O/c1-3-13-5-7-14(8-6-13)18(20-19)17-11-15-10-12(2)4-9-16(15)21-17/h4-11,18,20H,3,19H2,1-2H3. The predicted molar refractivity (Wildman–Crippen MR) is 85.9 cm³/mol. The topological polar surface area (TPSA) is 51.2 Å². The fourth-order valence-electron chi connectivity index (χ4n) is 2.61. The summed E-state index contributed by atoms with van der Waals surface area (Å²) in [5.74, 6) is 6.58. The van der Waals surface area contributed by atoms with E-state index in [0.29, 0.717) is 0 Å². The minimum atomic E-state index is -0.136. The third-order valence-corrected chi connectivity index (χ3v) is 3.86. The number of nitrogens with two attached hydrogens (primary N) is 1. The van der Waals surface area contributed by atoms with Gasteiger partial charge in [0.2, 0.25) is 0 Å². The van der Waals surface area contributed by atoms with E-state index in [1.165, 1.54) is 11.1 Å². The van der Waals surface area contributed by atoms with Gasteiger partial charge in [-0.3, -0.25) is 5.84 Å². The van der Waals surface area contributed by atoms with Crippen molar-refractivity contribution in [1.82, 2.24) is 5.43 Å². The smallest absolute Gasteiger partial charge is 0.134 e. The zero-order valence-corrected chi connectivity index (χ0v) is 12.4. The van der Waals surface area contributed by atoms with E-state index in [0.717, 1.165) is 28.7 Å². The van der Waals surface area contributed by atoms with E-state index in [-0.39, 0.29) is 6.04 Å². The molecule has 1 unspecified atom stereocenters. The molecular weight excluding hydrogens is 260 g/mol. The summed E-state index contributed by atoms with van der Waals surface area (Å²) in [6.07, 6.45) is 1.03. The van der Waals surface area contributed by atoms with Crippen LogP contribution in [0.25, 0.3) is 11.0 Å². The second-order valence-corrected chi connectivity index (χ2v) is 5.38. The second-order valence-electron chi connectivity index (χ2n) is 5.38. The van der Waals surface area contributed by atoms with Crippen molar-refractivity contribution in [2.45, 2.75) is 26.3 Å². The molecule has 0 aliphatic carbocycles. The highest BCUT2D eigenvalue weighted by atomic mass is 16.3. The molecule has 3 heteroatoms. The van der Waals surface area contributed by atoms with Crippen LogP contribution in [0, 0.1) is 6.92 Å². The highest BCUT2D eigenvalue weighted by Gasteiger charge is 2.17. The molecule has 0 aliphatic heterocycles. The summed E-state index contributed by atoms with van der Waals surface area (Å²) in [4.78, 5) is 0. The molecule has 21 heavy (non-hydrogen) atoms. The zero-order chi connectivity index (χ0) is 14.8. The van der Waals surface area contributed by atoms with Crippen molar-refractivity contribution in [2.24, 2.45) is 5.84 Å². The Kier molecular flexibility index (Phi) is 3.78. The van der Waals surface area contributed by atoms with Gasteiger partial charge in [-0.05, 0) is 42.7 Å². The van der Waals surface area contributed by atoms with Crippen LogP contribution in [0.1, 0.15) is 35.4 Å². The number of hydrazine groups is 1. The molecule has 3 nitrogen and oxygen atoms in total. The second kappa shape index (κ2) is 5.72. The number of aryl methyl sites for hydroxylation is 2. The predicted octanol–water partition coefficient (Wildman–Crippen LogP) is 3.86. The van der Waals surface area contributed by atoms with Crippen molar-refractivity contribution in [2.75, 3.05) is 0 Å². The molecule has 108 valence electrons. The molecule has 3 N–H and O–H groups in total. The maximum absolute atomic E-state index is 5.94. The third-order valence-electron chi connectivity index (χ3n) is 3.86. The maximum Gasteiger partial charge on any atom is 0.134 e. The van der Waals surface area contributed by atoms with Crippen LogP contribution < -0.4 is 11.3 Å². The molecule has 0 amide bonds. The summed E-state index contributed by atoms with van der Waals surface area (Å²) >= 11 is 0. The van der Waals surface area contributed by atoms with E-state index in [1.54, 1.807) is 0 Å². The number of nitrogens with one attached hydrogen (secondary N) is 1. The Balaban J connectivity index is 2.00. The molecule has 0 spiro atoms. The number of hydrogen-bond donors (Lipinski definition) is 2. The first kappa shape index (κ1) is 13.9. The number of rotatable bonds is 4. The molecule has 0 saturated heterocycles. The first-order chi connectivity index (χ1) is 10.2. The third kappa shape index (κ3) is 2.71. The van der Waals surface area contributed by atoms with Gasteiger partial charge >= 0.3 is 0 Å². The summed E-state index contributed by atoms with van der Waals surface area (Å²) in [5.41, 5.74) is 7.38. The molecule has 2 aromatic carbocycles. The Morgan fingerprint density at radius 1 is 1.10 bits per heavy atom. The fourth-order valence-corrected chi connectivity index (χ4v) is 2.61. The van der Waals surface area contributed by atoms with Crippen LogP contribution >= 0.6 is 0 Å². The van der Waals surface area contributed by atoms with Gasteiger partial charge in [-0.2, -0.15) is 0 Å². The molecule has 0 saturated carbocycles. The number of hydrogen-bond acceptors (Lipinski definition) is 3. The Morgan fingerprint density at radius 3 is 2.52 bits per heavy atom. The Labute approximate surface area is 124 Å². The van der Waals surface area contributed by atoms with Crippen LogP contribution in [-0.2, 0) is 6.42 Å². The lowest BCUT2D eigenvalue weighted by atomic mass is 10.0. The van der Waals surface area contributed by atoms with E-state index < -0.39 is 0 Å². The lowest BCUT2D eigenvalue weighted by Gasteiger charge is -2.14. The quantitative estimate of drug-likeness (QED) is 0.563. The SMILES string of the molecule is CCc1ccc(C(NN)c2cc3cc(C)ccc3o2)cc1. The molecule has 1 aromatic heterocycles. The molecule has 3 aromatic rings. The number of fused-ring (bicyclic) bond motifs is 1. The largest absolute Gasteiger partial charge is 0.459 e. The van der Waals surface area contributed by atoms with Gasteiger partial charge in [-0.25, -0.2) is 5.43 Å². The molecule has 0 bridgehead atoms. The summed E-state index contributed by atoms with van der Waals surface area (Å²) in [6, 6.07) is 16.6. The van der Waals surface area contributed by atoms with Gasteiger partial charge < -0.3 is 4.42 Å². The number of furan rings is 1. The van der Waals surface area contributed by atoms with E-state index in [9.17, 15) is 0 Å². The van der Waals surface area contributed by atoms with Gasteiger partial charge in [0.05, 0.1) is 0 Å². The highest BCUT2D eigenvalue weighted by Crippen LogP contribution is 2.28. The summed E-state index contributed by atoms with van der Waals surface area (Å²) in [6.45, 7) is 4.23.